The normalized spacial score (nSPS) is 14.7. The Morgan fingerprint density at radius 3 is 2.88 bits per heavy atom. The highest BCUT2D eigenvalue weighted by Gasteiger charge is 2.32. The van der Waals surface area contributed by atoms with Crippen molar-refractivity contribution >= 4 is 5.97 Å². The molecule has 7 heteroatoms. The van der Waals surface area contributed by atoms with Crippen molar-refractivity contribution in [1.82, 2.24) is 0 Å². The molecule has 92 valence electrons. The molecule has 1 heterocycles. The van der Waals surface area contributed by atoms with E-state index in [1.54, 1.807) is 0 Å². The topological polar surface area (TPSA) is 102 Å². The molecule has 6 nitrogen and oxygen atoms in total. The molecule has 0 spiro atoms. The molecular formula is C10H10FNO5. The molecule has 0 saturated carbocycles. The Labute approximate surface area is 95.4 Å². The summed E-state index contributed by atoms with van der Waals surface area (Å²) in [4.78, 5) is 11.0. The monoisotopic (exact) mass is 243 g/mol. The van der Waals surface area contributed by atoms with Crippen LogP contribution in [0.1, 0.15) is 11.5 Å². The van der Waals surface area contributed by atoms with E-state index in [9.17, 15) is 14.3 Å². The van der Waals surface area contributed by atoms with Crippen molar-refractivity contribution in [2.24, 2.45) is 5.73 Å². The molecular weight excluding hydrogens is 233 g/mol. The van der Waals surface area contributed by atoms with Gasteiger partial charge in [0.2, 0.25) is 6.79 Å². The van der Waals surface area contributed by atoms with E-state index in [1.165, 1.54) is 0 Å². The van der Waals surface area contributed by atoms with Crippen LogP contribution in [-0.2, 0) is 4.79 Å². The second-order valence-corrected chi connectivity index (χ2v) is 3.48. The van der Waals surface area contributed by atoms with Crippen molar-refractivity contribution in [3.8, 4) is 17.2 Å². The SMILES string of the molecule is NCC(C(=O)O)c1c(O)c(F)cc2c1OCO2. The van der Waals surface area contributed by atoms with E-state index < -0.39 is 23.5 Å². The first-order chi connectivity index (χ1) is 8.06. The van der Waals surface area contributed by atoms with Crippen molar-refractivity contribution in [1.29, 1.82) is 0 Å². The number of aromatic hydroxyl groups is 1. The smallest absolute Gasteiger partial charge is 0.312 e. The minimum absolute atomic E-state index is 0.0294. The Morgan fingerprint density at radius 2 is 2.29 bits per heavy atom. The molecule has 0 amide bonds. The average molecular weight is 243 g/mol. The number of nitrogens with two attached hydrogens (primary N) is 1. The fourth-order valence-corrected chi connectivity index (χ4v) is 1.69. The van der Waals surface area contributed by atoms with E-state index >= 15 is 0 Å². The molecule has 17 heavy (non-hydrogen) atoms. The summed E-state index contributed by atoms with van der Waals surface area (Å²) >= 11 is 0. The first-order valence-corrected chi connectivity index (χ1v) is 4.80. The maximum absolute atomic E-state index is 13.4. The third-order valence-corrected chi connectivity index (χ3v) is 2.51. The number of aliphatic carboxylic acids is 1. The van der Waals surface area contributed by atoms with Gasteiger partial charge in [0.15, 0.2) is 23.1 Å². The van der Waals surface area contributed by atoms with Gasteiger partial charge < -0.3 is 25.4 Å². The molecule has 1 aromatic carbocycles. The van der Waals surface area contributed by atoms with Crippen LogP contribution in [0.2, 0.25) is 0 Å². The third kappa shape index (κ3) is 1.74. The third-order valence-electron chi connectivity index (χ3n) is 2.51. The van der Waals surface area contributed by atoms with Gasteiger partial charge >= 0.3 is 5.97 Å². The number of carboxylic acid groups (broad SMARTS) is 1. The predicted molar refractivity (Wildman–Crippen MR) is 53.6 cm³/mol. The fourth-order valence-electron chi connectivity index (χ4n) is 1.69. The van der Waals surface area contributed by atoms with Crippen molar-refractivity contribution in [3.05, 3.63) is 17.4 Å². The van der Waals surface area contributed by atoms with Crippen molar-refractivity contribution in [2.45, 2.75) is 5.92 Å². The molecule has 0 saturated heterocycles. The van der Waals surface area contributed by atoms with Crippen LogP contribution >= 0.6 is 0 Å². The van der Waals surface area contributed by atoms with Crippen LogP contribution in [0.5, 0.6) is 17.2 Å². The highest BCUT2D eigenvalue weighted by atomic mass is 19.1. The van der Waals surface area contributed by atoms with Crippen molar-refractivity contribution in [2.75, 3.05) is 13.3 Å². The lowest BCUT2D eigenvalue weighted by Gasteiger charge is -2.14. The highest BCUT2D eigenvalue weighted by molar-refractivity contribution is 5.80. The van der Waals surface area contributed by atoms with Crippen LogP contribution < -0.4 is 15.2 Å². The Balaban J connectivity index is 2.63. The zero-order chi connectivity index (χ0) is 12.6. The van der Waals surface area contributed by atoms with Gasteiger partial charge in [0.1, 0.15) is 5.92 Å². The lowest BCUT2D eigenvalue weighted by molar-refractivity contribution is -0.138. The lowest BCUT2D eigenvalue weighted by Crippen LogP contribution is -2.21. The van der Waals surface area contributed by atoms with Crippen LogP contribution in [0, 0.1) is 5.82 Å². The summed E-state index contributed by atoms with van der Waals surface area (Å²) in [5.41, 5.74) is 5.12. The number of hydrogen-bond acceptors (Lipinski definition) is 5. The van der Waals surface area contributed by atoms with E-state index in [4.69, 9.17) is 20.3 Å². The fraction of sp³-hybridized carbons (Fsp3) is 0.300. The lowest BCUT2D eigenvalue weighted by atomic mass is 9.96. The number of phenolic OH excluding ortho intramolecular Hbond substituents is 1. The van der Waals surface area contributed by atoms with Crippen molar-refractivity contribution in [3.63, 3.8) is 0 Å². The molecule has 1 aliphatic heterocycles. The summed E-state index contributed by atoms with van der Waals surface area (Å²) in [6, 6.07) is 0.941. The molecule has 1 unspecified atom stereocenters. The molecule has 1 aliphatic rings. The van der Waals surface area contributed by atoms with Crippen LogP contribution in [0.15, 0.2) is 6.07 Å². The van der Waals surface area contributed by atoms with Gasteiger partial charge in [-0.25, -0.2) is 4.39 Å². The Hall–Kier alpha value is -2.02. The maximum Gasteiger partial charge on any atom is 0.312 e. The Bertz CT molecular complexity index is 476. The summed E-state index contributed by atoms with van der Waals surface area (Å²) in [6.45, 7) is -0.440. The number of carbonyl (C=O) groups is 1. The number of hydrogen-bond donors (Lipinski definition) is 3. The number of benzene rings is 1. The van der Waals surface area contributed by atoms with Crippen LogP contribution in [0.4, 0.5) is 4.39 Å². The standard InChI is InChI=1S/C10H10FNO5/c11-5-1-6-9(17-3-16-6)7(8(5)13)4(2-12)10(14)15/h1,4,13H,2-3,12H2,(H,14,15). The summed E-state index contributed by atoms with van der Waals surface area (Å²) in [5.74, 6) is -4.17. The first kappa shape index (κ1) is 11.5. The van der Waals surface area contributed by atoms with Gasteiger partial charge in [0, 0.05) is 12.6 Å². The number of ether oxygens (including phenoxy) is 2. The molecule has 2 rings (SSSR count). The second kappa shape index (κ2) is 4.10. The minimum atomic E-state index is -1.27. The Morgan fingerprint density at radius 1 is 1.59 bits per heavy atom. The van der Waals surface area contributed by atoms with Gasteiger partial charge in [-0.15, -0.1) is 0 Å². The summed E-state index contributed by atoms with van der Waals surface area (Å²) < 4.78 is 23.3. The van der Waals surface area contributed by atoms with Crippen LogP contribution in [0.25, 0.3) is 0 Å². The van der Waals surface area contributed by atoms with Gasteiger partial charge in [-0.3, -0.25) is 4.79 Å². The largest absolute Gasteiger partial charge is 0.505 e. The minimum Gasteiger partial charge on any atom is -0.505 e. The highest BCUT2D eigenvalue weighted by Crippen LogP contribution is 2.45. The number of carboxylic acids is 1. The molecule has 0 aromatic heterocycles. The predicted octanol–water partition coefficient (Wildman–Crippen LogP) is 0.387. The van der Waals surface area contributed by atoms with Gasteiger partial charge in [-0.05, 0) is 0 Å². The summed E-state index contributed by atoms with van der Waals surface area (Å²) in [7, 11) is 0. The molecule has 4 N–H and O–H groups in total. The molecule has 0 aliphatic carbocycles. The van der Waals surface area contributed by atoms with E-state index in [0.29, 0.717) is 0 Å². The maximum atomic E-state index is 13.4. The molecule has 0 radical (unpaired) electrons. The molecule has 1 atom stereocenters. The quantitative estimate of drug-likeness (QED) is 0.709. The number of halogens is 1. The average Bonchev–Trinajstić information content (AvgIpc) is 2.71. The van der Waals surface area contributed by atoms with Crippen molar-refractivity contribution < 1.29 is 28.9 Å². The van der Waals surface area contributed by atoms with E-state index in [0.717, 1.165) is 6.07 Å². The van der Waals surface area contributed by atoms with Crippen LogP contribution in [-0.4, -0.2) is 29.5 Å². The van der Waals surface area contributed by atoms with Crippen LogP contribution in [0.3, 0.4) is 0 Å². The Kier molecular flexibility index (Phi) is 2.76. The number of phenols is 1. The zero-order valence-electron chi connectivity index (χ0n) is 8.64. The zero-order valence-corrected chi connectivity index (χ0v) is 8.64. The second-order valence-electron chi connectivity index (χ2n) is 3.48. The van der Waals surface area contributed by atoms with Gasteiger partial charge in [0.05, 0.1) is 5.56 Å². The van der Waals surface area contributed by atoms with E-state index in [2.05, 4.69) is 0 Å². The van der Waals surface area contributed by atoms with Gasteiger partial charge in [-0.2, -0.15) is 0 Å². The van der Waals surface area contributed by atoms with Gasteiger partial charge in [-0.1, -0.05) is 0 Å². The summed E-state index contributed by atoms with van der Waals surface area (Å²) in [6.07, 6.45) is 0. The van der Waals surface area contributed by atoms with Gasteiger partial charge in [0.25, 0.3) is 0 Å². The summed E-state index contributed by atoms with van der Waals surface area (Å²) in [5, 5.41) is 18.5. The molecule has 1 aromatic rings. The van der Waals surface area contributed by atoms with E-state index in [1.807, 2.05) is 0 Å². The number of fused-ring (bicyclic) bond motifs is 1. The molecule has 0 bridgehead atoms. The molecule has 0 fully saturated rings. The first-order valence-electron chi connectivity index (χ1n) is 4.80. The number of rotatable bonds is 3. The van der Waals surface area contributed by atoms with E-state index in [-0.39, 0.29) is 30.4 Å².